The third-order valence-corrected chi connectivity index (χ3v) is 4.27. The molecule has 0 saturated carbocycles. The van der Waals surface area contributed by atoms with Crippen molar-refractivity contribution in [2.45, 2.75) is 45.6 Å². The molecule has 0 aromatic heterocycles. The monoisotopic (exact) mass is 210 g/mol. The largest absolute Gasteiger partial charge is 0.140 e. The summed E-state index contributed by atoms with van der Waals surface area (Å²) in [6.07, 6.45) is 5.77. The Morgan fingerprint density at radius 2 is 2.21 bits per heavy atom. The van der Waals surface area contributed by atoms with Crippen LogP contribution in [0.15, 0.2) is 23.3 Å². The average molecular weight is 211 g/mol. The second-order valence-corrected chi connectivity index (χ2v) is 5.02. The molecule has 1 aliphatic heterocycles. The van der Waals surface area contributed by atoms with Crippen LogP contribution < -0.4 is 0 Å². The number of hydrogen-bond donors (Lipinski definition) is 0. The van der Waals surface area contributed by atoms with E-state index in [1.165, 1.54) is 24.7 Å². The molecule has 78 valence electrons. The van der Waals surface area contributed by atoms with Gasteiger partial charge in [0.25, 0.3) is 0 Å². The Bertz CT molecular complexity index is 245. The van der Waals surface area contributed by atoms with Gasteiger partial charge in [0.15, 0.2) is 0 Å². The van der Waals surface area contributed by atoms with Gasteiger partial charge >= 0.3 is 0 Å². The highest BCUT2D eigenvalue weighted by Gasteiger charge is 2.30. The highest BCUT2D eigenvalue weighted by molar-refractivity contribution is 6.59. The van der Waals surface area contributed by atoms with E-state index in [-0.39, 0.29) is 0 Å². The third-order valence-electron chi connectivity index (χ3n) is 3.82. The van der Waals surface area contributed by atoms with Crippen LogP contribution in [-0.4, -0.2) is 6.71 Å². The van der Waals surface area contributed by atoms with E-state index in [1.54, 1.807) is 6.08 Å². The van der Waals surface area contributed by atoms with Crippen molar-refractivity contribution in [3.05, 3.63) is 23.3 Å². The van der Waals surface area contributed by atoms with E-state index < -0.39 is 0 Å². The number of allylic oxidation sites excluding steroid dienone is 3. The molecule has 0 spiro atoms. The van der Waals surface area contributed by atoms with Crippen molar-refractivity contribution in [2.24, 2.45) is 5.92 Å². The van der Waals surface area contributed by atoms with E-state index in [9.17, 15) is 0 Å². The summed E-state index contributed by atoms with van der Waals surface area (Å²) in [6, 6.07) is 0. The molecule has 0 radical (unpaired) electrons. The maximum atomic E-state index is 6.12. The van der Waals surface area contributed by atoms with Gasteiger partial charge in [0, 0.05) is 5.03 Å². The Kier molecular flexibility index (Phi) is 4.31. The fourth-order valence-electron chi connectivity index (χ4n) is 2.53. The van der Waals surface area contributed by atoms with Gasteiger partial charge in [0.05, 0.1) is 0 Å². The van der Waals surface area contributed by atoms with Gasteiger partial charge in [0.1, 0.15) is 6.71 Å². The van der Waals surface area contributed by atoms with Gasteiger partial charge in [-0.25, -0.2) is 0 Å². The van der Waals surface area contributed by atoms with Crippen LogP contribution in [0.25, 0.3) is 0 Å². The van der Waals surface area contributed by atoms with Gasteiger partial charge in [-0.05, 0) is 19.3 Å². The third kappa shape index (κ3) is 2.45. The minimum atomic E-state index is 0.671. The summed E-state index contributed by atoms with van der Waals surface area (Å²) < 4.78 is 0. The van der Waals surface area contributed by atoms with E-state index in [0.717, 1.165) is 17.6 Å². The maximum Gasteiger partial charge on any atom is 0.140 e. The zero-order valence-electron chi connectivity index (χ0n) is 9.52. The van der Waals surface area contributed by atoms with Crippen molar-refractivity contribution >= 4 is 18.3 Å². The quantitative estimate of drug-likeness (QED) is 0.461. The Morgan fingerprint density at radius 1 is 1.57 bits per heavy atom. The van der Waals surface area contributed by atoms with Gasteiger partial charge in [-0.3, -0.25) is 0 Å². The molecule has 14 heavy (non-hydrogen) atoms. The first-order chi connectivity index (χ1) is 6.57. The van der Waals surface area contributed by atoms with Crippen molar-refractivity contribution in [3.63, 3.8) is 0 Å². The Balaban J connectivity index is 2.81. The SMILES string of the molecule is C=C/C(Cl)=C(\C)[C@H]1CCCB(C)C1C. The predicted octanol–water partition coefficient (Wildman–Crippen LogP) is 4.61. The van der Waals surface area contributed by atoms with Gasteiger partial charge in [-0.15, -0.1) is 0 Å². The molecule has 1 unspecified atom stereocenters. The van der Waals surface area contributed by atoms with E-state index in [0.29, 0.717) is 5.92 Å². The molecule has 1 aliphatic rings. The van der Waals surface area contributed by atoms with Crippen LogP contribution in [0.2, 0.25) is 19.0 Å². The zero-order chi connectivity index (χ0) is 10.7. The summed E-state index contributed by atoms with van der Waals surface area (Å²) in [5.74, 6) is 1.43. The molecule has 1 heterocycles. The normalized spacial score (nSPS) is 29.9. The molecular weight excluding hydrogens is 190 g/mol. The summed E-state index contributed by atoms with van der Waals surface area (Å²) >= 11 is 6.12. The van der Waals surface area contributed by atoms with E-state index in [4.69, 9.17) is 11.6 Å². The lowest BCUT2D eigenvalue weighted by Gasteiger charge is -2.33. The topological polar surface area (TPSA) is 0 Å². The van der Waals surface area contributed by atoms with Crippen LogP contribution in [0.1, 0.15) is 26.7 Å². The van der Waals surface area contributed by atoms with Crippen LogP contribution in [0.5, 0.6) is 0 Å². The van der Waals surface area contributed by atoms with Crippen molar-refractivity contribution < 1.29 is 0 Å². The first-order valence-corrected chi connectivity index (χ1v) is 5.94. The predicted molar refractivity (Wildman–Crippen MR) is 67.3 cm³/mol. The number of halogens is 1. The van der Waals surface area contributed by atoms with Gasteiger partial charge < -0.3 is 0 Å². The molecule has 0 N–H and O–H groups in total. The summed E-state index contributed by atoms with van der Waals surface area (Å²) in [5, 5.41) is 0.857. The Morgan fingerprint density at radius 3 is 2.79 bits per heavy atom. The fourth-order valence-corrected chi connectivity index (χ4v) is 2.67. The standard InChI is InChI=1S/C12H20BCl/c1-5-12(14)9(2)11-7-6-8-13(4)10(11)3/h5,10-11H,1,6-8H2,2-4H3/b12-9-/t10?,11-/m1/s1. The molecule has 1 saturated heterocycles. The lowest BCUT2D eigenvalue weighted by atomic mass is 9.35. The minimum Gasteiger partial charge on any atom is -0.0976 e. The van der Waals surface area contributed by atoms with Gasteiger partial charge in [-0.1, -0.05) is 62.1 Å². The highest BCUT2D eigenvalue weighted by Crippen LogP contribution is 2.40. The molecule has 0 bridgehead atoms. The summed E-state index contributed by atoms with van der Waals surface area (Å²) in [4.78, 5) is 0. The molecule has 0 nitrogen and oxygen atoms in total. The molecule has 2 heteroatoms. The van der Waals surface area contributed by atoms with Crippen molar-refractivity contribution in [3.8, 4) is 0 Å². The highest BCUT2D eigenvalue weighted by atomic mass is 35.5. The molecule has 1 rings (SSSR count). The molecule has 2 atom stereocenters. The second kappa shape index (κ2) is 5.07. The van der Waals surface area contributed by atoms with Crippen molar-refractivity contribution in [1.82, 2.24) is 0 Å². The van der Waals surface area contributed by atoms with Gasteiger partial charge in [0.2, 0.25) is 0 Å². The smallest absolute Gasteiger partial charge is 0.0976 e. The van der Waals surface area contributed by atoms with Gasteiger partial charge in [-0.2, -0.15) is 0 Å². The molecule has 0 aliphatic carbocycles. The molecule has 0 amide bonds. The Labute approximate surface area is 93.5 Å². The first-order valence-electron chi connectivity index (χ1n) is 5.56. The summed E-state index contributed by atoms with van der Waals surface area (Å²) in [6.45, 7) is 11.4. The fraction of sp³-hybridized carbons (Fsp3) is 0.667. The molecule has 1 fully saturated rings. The maximum absolute atomic E-state index is 6.12. The molecule has 0 aromatic carbocycles. The van der Waals surface area contributed by atoms with Crippen LogP contribution in [0, 0.1) is 5.92 Å². The summed E-state index contributed by atoms with van der Waals surface area (Å²) in [5.41, 5.74) is 1.33. The Hall–Kier alpha value is -0.165. The average Bonchev–Trinajstić information content (AvgIpc) is 2.20. The minimum absolute atomic E-state index is 0.671. The molecule has 0 aromatic rings. The lowest BCUT2D eigenvalue weighted by Crippen LogP contribution is -2.27. The zero-order valence-corrected chi connectivity index (χ0v) is 10.3. The number of rotatable bonds is 2. The van der Waals surface area contributed by atoms with E-state index in [1.807, 2.05) is 0 Å². The van der Waals surface area contributed by atoms with E-state index in [2.05, 4.69) is 27.2 Å². The summed E-state index contributed by atoms with van der Waals surface area (Å²) in [7, 11) is 0. The first kappa shape index (κ1) is 11.9. The van der Waals surface area contributed by atoms with Crippen LogP contribution in [-0.2, 0) is 0 Å². The van der Waals surface area contributed by atoms with Crippen LogP contribution >= 0.6 is 11.6 Å². The van der Waals surface area contributed by atoms with Crippen LogP contribution in [0.4, 0.5) is 0 Å². The number of hydrogen-bond acceptors (Lipinski definition) is 0. The van der Waals surface area contributed by atoms with Crippen LogP contribution in [0.3, 0.4) is 0 Å². The molecular formula is C12H20BCl. The van der Waals surface area contributed by atoms with Crippen molar-refractivity contribution in [1.29, 1.82) is 0 Å². The second-order valence-electron chi connectivity index (χ2n) is 4.61. The lowest BCUT2D eigenvalue weighted by molar-refractivity contribution is 0.498. The van der Waals surface area contributed by atoms with Crippen molar-refractivity contribution in [2.75, 3.05) is 0 Å². The van der Waals surface area contributed by atoms with E-state index >= 15 is 0 Å².